The van der Waals surface area contributed by atoms with Crippen molar-refractivity contribution in [1.29, 1.82) is 0 Å². The zero-order valence-corrected chi connectivity index (χ0v) is 20.0. The van der Waals surface area contributed by atoms with Crippen LogP contribution in [0.15, 0.2) is 30.3 Å². The molecule has 11 heteroatoms. The van der Waals surface area contributed by atoms with Gasteiger partial charge in [-0.1, -0.05) is 30.3 Å². The fourth-order valence-electron chi connectivity index (χ4n) is 4.01. The van der Waals surface area contributed by atoms with E-state index in [-0.39, 0.29) is 50.4 Å². The molecular weight excluding hydrogens is 460 g/mol. The van der Waals surface area contributed by atoms with Gasteiger partial charge in [0.2, 0.25) is 11.8 Å². The molecule has 0 aliphatic carbocycles. The molecule has 1 unspecified atom stereocenters. The van der Waals surface area contributed by atoms with E-state index in [1.165, 1.54) is 14.0 Å². The van der Waals surface area contributed by atoms with Gasteiger partial charge in [0, 0.05) is 31.9 Å². The summed E-state index contributed by atoms with van der Waals surface area (Å²) < 4.78 is 28.1. The zero-order valence-electron chi connectivity index (χ0n) is 20.0. The van der Waals surface area contributed by atoms with Crippen LogP contribution in [-0.4, -0.2) is 80.4 Å². The van der Waals surface area contributed by atoms with Gasteiger partial charge in [0.15, 0.2) is 12.6 Å². The quantitative estimate of drug-likeness (QED) is 0.297. The number of amides is 2. The number of hydrogen-bond donors (Lipinski definition) is 3. The third kappa shape index (κ3) is 7.97. The Kier molecular flexibility index (Phi) is 10.4. The minimum absolute atomic E-state index is 0.104. The number of unbranched alkanes of at least 4 members (excludes halogenated alkanes) is 1. The lowest BCUT2D eigenvalue weighted by Crippen LogP contribution is -2.66. The normalized spacial score (nSPS) is 28.0. The largest absolute Gasteiger partial charge is 0.469 e. The Morgan fingerprint density at radius 2 is 1.86 bits per heavy atom. The van der Waals surface area contributed by atoms with Crippen LogP contribution in [0, 0.1) is 0 Å². The second-order valence-electron chi connectivity index (χ2n) is 8.44. The van der Waals surface area contributed by atoms with Gasteiger partial charge in [0.25, 0.3) is 0 Å². The molecule has 0 aromatic heterocycles. The maximum absolute atomic E-state index is 12.0. The van der Waals surface area contributed by atoms with Crippen LogP contribution in [-0.2, 0) is 38.1 Å². The minimum atomic E-state index is -1.10. The highest BCUT2D eigenvalue weighted by Gasteiger charge is 2.50. The summed E-state index contributed by atoms with van der Waals surface area (Å²) >= 11 is 0. The van der Waals surface area contributed by atoms with Crippen LogP contribution >= 0.6 is 0 Å². The second-order valence-corrected chi connectivity index (χ2v) is 8.44. The van der Waals surface area contributed by atoms with Gasteiger partial charge in [-0.25, -0.2) is 0 Å². The molecule has 3 rings (SSSR count). The van der Waals surface area contributed by atoms with Gasteiger partial charge in [-0.05, 0) is 12.8 Å². The maximum atomic E-state index is 12.0. The average molecular weight is 495 g/mol. The number of carbonyl (C=O) groups excluding carboxylic acids is 3. The molecule has 2 heterocycles. The van der Waals surface area contributed by atoms with E-state index in [1.54, 1.807) is 0 Å². The van der Waals surface area contributed by atoms with E-state index in [0.29, 0.717) is 12.8 Å². The number of methoxy groups -OCH3 is 1. The predicted octanol–water partition coefficient (Wildman–Crippen LogP) is 0.557. The number of benzene rings is 1. The Morgan fingerprint density at radius 1 is 1.11 bits per heavy atom. The summed E-state index contributed by atoms with van der Waals surface area (Å²) in [4.78, 5) is 34.8. The highest BCUT2D eigenvalue weighted by atomic mass is 16.7. The molecule has 6 atom stereocenters. The molecule has 3 N–H and O–H groups in total. The summed E-state index contributed by atoms with van der Waals surface area (Å²) in [6.45, 7) is 1.84. The Morgan fingerprint density at radius 3 is 2.57 bits per heavy atom. The monoisotopic (exact) mass is 494 g/mol. The maximum Gasteiger partial charge on any atom is 0.305 e. The fourth-order valence-corrected chi connectivity index (χ4v) is 4.01. The van der Waals surface area contributed by atoms with Crippen LogP contribution in [0.25, 0.3) is 0 Å². The number of carbonyl (C=O) groups is 3. The van der Waals surface area contributed by atoms with Gasteiger partial charge in [-0.2, -0.15) is 0 Å². The molecule has 35 heavy (non-hydrogen) atoms. The van der Waals surface area contributed by atoms with Crippen LogP contribution in [0.3, 0.4) is 0 Å². The number of fused-ring (bicyclic) bond motifs is 1. The number of nitrogens with one attached hydrogen (secondary N) is 2. The standard InChI is InChI=1S/C24H34N2O9/c1-15(27)26-20-21(30)22-17(14-33-23(35-22)16-8-4-3-5-9-16)34-24(20)32-13-12-25-18(28)10-6-7-11-19(29)31-2/h3-5,8-9,17,20-24,30H,6-7,10-14H2,1-2H3,(H,25,28)(H,26,27)/t17-,20-,21-,22+,23?,24+/m1/s1. The number of rotatable bonds is 11. The van der Waals surface area contributed by atoms with Gasteiger partial charge in [0.05, 0.1) is 20.3 Å². The average Bonchev–Trinajstić information content (AvgIpc) is 2.86. The number of esters is 1. The van der Waals surface area contributed by atoms with Crippen molar-refractivity contribution >= 4 is 17.8 Å². The first-order chi connectivity index (χ1) is 16.9. The van der Waals surface area contributed by atoms with Crippen molar-refractivity contribution in [2.24, 2.45) is 0 Å². The Balaban J connectivity index is 1.47. The van der Waals surface area contributed by atoms with Gasteiger partial charge in [0.1, 0.15) is 24.4 Å². The molecule has 0 spiro atoms. The first-order valence-electron chi connectivity index (χ1n) is 11.8. The SMILES string of the molecule is COC(=O)CCCCC(=O)NCCO[C@H]1O[C@@H]2COC(c3ccccc3)O[C@@H]2[C@H](O)[C@H]1NC(C)=O. The number of ether oxygens (including phenoxy) is 5. The van der Waals surface area contributed by atoms with E-state index in [9.17, 15) is 19.5 Å². The molecule has 2 aliphatic rings. The third-order valence-electron chi connectivity index (χ3n) is 5.78. The summed E-state index contributed by atoms with van der Waals surface area (Å²) in [7, 11) is 1.33. The van der Waals surface area contributed by atoms with Crippen molar-refractivity contribution in [3.05, 3.63) is 35.9 Å². The zero-order chi connectivity index (χ0) is 25.2. The Labute approximate surface area is 204 Å². The van der Waals surface area contributed by atoms with E-state index < -0.39 is 36.9 Å². The van der Waals surface area contributed by atoms with Crippen LogP contribution in [0.5, 0.6) is 0 Å². The Bertz CT molecular complexity index is 838. The smallest absolute Gasteiger partial charge is 0.305 e. The van der Waals surface area contributed by atoms with E-state index in [4.69, 9.17) is 18.9 Å². The molecule has 194 valence electrons. The van der Waals surface area contributed by atoms with Crippen LogP contribution < -0.4 is 10.6 Å². The summed E-state index contributed by atoms with van der Waals surface area (Å²) in [6, 6.07) is 8.49. The van der Waals surface area contributed by atoms with Crippen molar-refractivity contribution < 1.29 is 43.2 Å². The molecular formula is C24H34N2O9. The second kappa shape index (κ2) is 13.5. The van der Waals surface area contributed by atoms with Gasteiger partial charge in [-0.3, -0.25) is 14.4 Å². The topological polar surface area (TPSA) is 142 Å². The molecule has 2 amide bonds. The van der Waals surface area contributed by atoms with E-state index in [1.807, 2.05) is 30.3 Å². The molecule has 0 bridgehead atoms. The molecule has 2 fully saturated rings. The lowest BCUT2D eigenvalue weighted by atomic mass is 9.95. The van der Waals surface area contributed by atoms with Gasteiger partial charge < -0.3 is 39.4 Å². The van der Waals surface area contributed by atoms with Crippen molar-refractivity contribution in [3.63, 3.8) is 0 Å². The first kappa shape index (κ1) is 27.0. The molecule has 11 nitrogen and oxygen atoms in total. The molecule has 1 aromatic rings. The lowest BCUT2D eigenvalue weighted by Gasteiger charge is -2.47. The summed E-state index contributed by atoms with van der Waals surface area (Å²) in [5, 5.41) is 16.4. The van der Waals surface area contributed by atoms with Crippen LogP contribution in [0.2, 0.25) is 0 Å². The molecule has 0 saturated carbocycles. The highest BCUT2D eigenvalue weighted by Crippen LogP contribution is 2.34. The van der Waals surface area contributed by atoms with E-state index >= 15 is 0 Å². The number of hydrogen-bond acceptors (Lipinski definition) is 9. The summed E-state index contributed by atoms with van der Waals surface area (Å²) in [6.07, 6.45) is -2.33. The van der Waals surface area contributed by atoms with Crippen LogP contribution in [0.1, 0.15) is 44.5 Å². The van der Waals surface area contributed by atoms with E-state index in [2.05, 4.69) is 15.4 Å². The number of aliphatic hydroxyl groups is 1. The third-order valence-corrected chi connectivity index (χ3v) is 5.78. The summed E-state index contributed by atoms with van der Waals surface area (Å²) in [5.74, 6) is -0.812. The predicted molar refractivity (Wildman–Crippen MR) is 122 cm³/mol. The minimum Gasteiger partial charge on any atom is -0.469 e. The van der Waals surface area contributed by atoms with Crippen LogP contribution in [0.4, 0.5) is 0 Å². The van der Waals surface area contributed by atoms with Crippen molar-refractivity contribution in [3.8, 4) is 0 Å². The number of aliphatic hydroxyl groups excluding tert-OH is 1. The van der Waals surface area contributed by atoms with Crippen molar-refractivity contribution in [2.75, 3.05) is 26.9 Å². The Hall–Kier alpha value is -2.57. The van der Waals surface area contributed by atoms with Gasteiger partial charge in [-0.15, -0.1) is 0 Å². The van der Waals surface area contributed by atoms with Gasteiger partial charge >= 0.3 is 5.97 Å². The molecule has 0 radical (unpaired) electrons. The fraction of sp³-hybridized carbons (Fsp3) is 0.625. The molecule has 2 saturated heterocycles. The van der Waals surface area contributed by atoms with Crippen molar-refractivity contribution in [2.45, 2.75) is 69.5 Å². The molecule has 2 aliphatic heterocycles. The lowest BCUT2D eigenvalue weighted by molar-refractivity contribution is -0.343. The first-order valence-corrected chi connectivity index (χ1v) is 11.8. The van der Waals surface area contributed by atoms with E-state index in [0.717, 1.165) is 5.56 Å². The summed E-state index contributed by atoms with van der Waals surface area (Å²) in [5.41, 5.74) is 0.814. The van der Waals surface area contributed by atoms with Crippen molar-refractivity contribution in [1.82, 2.24) is 10.6 Å². The molecule has 1 aromatic carbocycles. The highest BCUT2D eigenvalue weighted by molar-refractivity contribution is 5.76.